The third-order valence-corrected chi connectivity index (χ3v) is 7.16. The minimum atomic E-state index is -1.79. The van der Waals surface area contributed by atoms with Gasteiger partial charge in [0, 0.05) is 45.8 Å². The van der Waals surface area contributed by atoms with E-state index in [1.807, 2.05) is 0 Å². The summed E-state index contributed by atoms with van der Waals surface area (Å²) in [6.07, 6.45) is -10.4. The summed E-state index contributed by atoms with van der Waals surface area (Å²) in [5.41, 5.74) is 0. The highest BCUT2D eigenvalue weighted by molar-refractivity contribution is 5.87. The second kappa shape index (κ2) is 26.1. The number of unbranched alkanes of at least 4 members (excludes halogenated alkanes) is 3. The Bertz CT molecular complexity index is 824. The van der Waals surface area contributed by atoms with Crippen molar-refractivity contribution < 1.29 is 74.9 Å². The molecular formula is C29H56N2O15. The van der Waals surface area contributed by atoms with Crippen LogP contribution in [0.4, 0.5) is 0 Å². The van der Waals surface area contributed by atoms with Gasteiger partial charge in [-0.2, -0.15) is 0 Å². The molecule has 0 aromatic heterocycles. The lowest BCUT2D eigenvalue weighted by Gasteiger charge is -2.26. The number of hydrogen-bond donors (Lipinski definition) is 12. The average molecular weight is 673 g/mol. The van der Waals surface area contributed by atoms with E-state index in [-0.39, 0.29) is 56.5 Å². The molecule has 0 aliphatic heterocycles. The van der Waals surface area contributed by atoms with Crippen LogP contribution in [0.25, 0.3) is 0 Å². The minimum absolute atomic E-state index is 0.00294. The van der Waals surface area contributed by atoms with Gasteiger partial charge in [-0.1, -0.05) is 0 Å². The van der Waals surface area contributed by atoms with E-state index in [0.29, 0.717) is 51.5 Å². The lowest BCUT2D eigenvalue weighted by Crippen LogP contribution is -2.45. The van der Waals surface area contributed by atoms with E-state index >= 15 is 0 Å². The fourth-order valence-corrected chi connectivity index (χ4v) is 4.21. The first-order chi connectivity index (χ1) is 21.8. The average Bonchev–Trinajstić information content (AvgIpc) is 3.01. The molecule has 9 atom stereocenters. The molecule has 0 rings (SSSR count). The second-order valence-electron chi connectivity index (χ2n) is 11.1. The highest BCUT2D eigenvalue weighted by Crippen LogP contribution is 2.11. The van der Waals surface area contributed by atoms with Gasteiger partial charge in [-0.05, 0) is 64.7 Å². The van der Waals surface area contributed by atoms with Gasteiger partial charge in [0.2, 0.25) is 11.8 Å². The molecule has 0 aliphatic carbocycles. The van der Waals surface area contributed by atoms with Crippen molar-refractivity contribution >= 4 is 17.6 Å². The number of rotatable bonds is 29. The highest BCUT2D eigenvalue weighted by Gasteiger charge is 2.31. The summed E-state index contributed by atoms with van der Waals surface area (Å²) in [5.74, 6) is -0.769. The van der Waals surface area contributed by atoms with Crippen LogP contribution in [0.15, 0.2) is 0 Å². The van der Waals surface area contributed by atoms with Crippen molar-refractivity contribution in [3.63, 3.8) is 0 Å². The summed E-state index contributed by atoms with van der Waals surface area (Å²) in [4.78, 5) is 36.3. The normalized spacial score (nSPS) is 17.6. The van der Waals surface area contributed by atoms with Crippen molar-refractivity contribution in [3.8, 4) is 0 Å². The van der Waals surface area contributed by atoms with Gasteiger partial charge in [0.1, 0.15) is 24.4 Å². The Morgan fingerprint density at radius 3 is 1.48 bits per heavy atom. The van der Waals surface area contributed by atoms with E-state index in [0.717, 1.165) is 0 Å². The van der Waals surface area contributed by atoms with Crippen molar-refractivity contribution in [1.29, 1.82) is 0 Å². The maximum atomic E-state index is 12.3. The number of ketones is 1. The summed E-state index contributed by atoms with van der Waals surface area (Å²) >= 11 is 0. The van der Waals surface area contributed by atoms with Crippen LogP contribution in [0, 0.1) is 0 Å². The zero-order valence-corrected chi connectivity index (χ0v) is 26.5. The third kappa shape index (κ3) is 19.7. The van der Waals surface area contributed by atoms with Crippen LogP contribution in [-0.4, -0.2) is 157 Å². The zero-order valence-electron chi connectivity index (χ0n) is 26.5. The molecule has 8 unspecified atom stereocenters. The van der Waals surface area contributed by atoms with Gasteiger partial charge in [0.15, 0.2) is 18.4 Å². The van der Waals surface area contributed by atoms with Gasteiger partial charge in [0.25, 0.3) is 0 Å². The molecule has 0 spiro atoms. The van der Waals surface area contributed by atoms with Crippen molar-refractivity contribution in [2.45, 2.75) is 133 Å². The number of ether oxygens (including phenoxy) is 2. The predicted octanol–water partition coefficient (Wildman–Crippen LogP) is -3.71. The number of aliphatic hydroxyl groups is 10. The Kier molecular flexibility index (Phi) is 25.1. The molecule has 12 N–H and O–H groups in total. The van der Waals surface area contributed by atoms with E-state index in [2.05, 4.69) is 10.6 Å². The van der Waals surface area contributed by atoms with E-state index in [4.69, 9.17) is 19.7 Å². The standard InChI is InChI=1S/C29H56N2O15/c1-18(34)19(31-23(38)10-4-7-17-46-29(44)27(42)25(40)21(36)12-15-33)8-2-5-13-30-22(37)9-3-6-16-45-28(43)26(41)24(39)20(35)11-14-32/h19-21,24-29,32-33,35-36,39-44H,2-17H2,1H3,(H,30,37)(H,31,38)/t19-,20?,21?,24?,25?,26?,27?,28?,29?/m1/s1. The molecule has 17 heteroatoms. The van der Waals surface area contributed by atoms with Crippen LogP contribution in [0.3, 0.4) is 0 Å². The number of carbonyl (C=O) groups excluding carboxylic acids is 3. The summed E-state index contributed by atoms with van der Waals surface area (Å²) < 4.78 is 10.1. The quantitative estimate of drug-likeness (QED) is 0.0269. The zero-order chi connectivity index (χ0) is 35.1. The van der Waals surface area contributed by atoms with E-state index in [1.165, 1.54) is 6.92 Å². The molecule has 17 nitrogen and oxygen atoms in total. The van der Waals surface area contributed by atoms with E-state index < -0.39 is 68.5 Å². The molecule has 0 saturated heterocycles. The van der Waals surface area contributed by atoms with Crippen molar-refractivity contribution in [2.75, 3.05) is 33.0 Å². The summed E-state index contributed by atoms with van der Waals surface area (Å²) in [7, 11) is 0. The molecule has 0 fully saturated rings. The molecule has 2 amide bonds. The molecule has 0 saturated carbocycles. The number of aliphatic hydroxyl groups excluding tert-OH is 10. The fourth-order valence-electron chi connectivity index (χ4n) is 4.21. The van der Waals surface area contributed by atoms with Gasteiger partial charge < -0.3 is 71.2 Å². The van der Waals surface area contributed by atoms with Crippen molar-refractivity contribution in [1.82, 2.24) is 10.6 Å². The largest absolute Gasteiger partial charge is 0.396 e. The molecule has 46 heavy (non-hydrogen) atoms. The molecule has 272 valence electrons. The first-order valence-electron chi connectivity index (χ1n) is 15.7. The fraction of sp³-hybridized carbons (Fsp3) is 0.897. The summed E-state index contributed by atoms with van der Waals surface area (Å²) in [6.45, 7) is 0.874. The monoisotopic (exact) mass is 672 g/mol. The number of carbonyl (C=O) groups is 3. The summed E-state index contributed by atoms with van der Waals surface area (Å²) in [6, 6.07) is -0.684. The molecule has 0 bridgehead atoms. The third-order valence-electron chi connectivity index (χ3n) is 7.16. The molecule has 0 aliphatic rings. The topological polar surface area (TPSA) is 296 Å². The van der Waals surface area contributed by atoms with Crippen molar-refractivity contribution in [2.24, 2.45) is 0 Å². The minimum Gasteiger partial charge on any atom is -0.396 e. The maximum absolute atomic E-state index is 12.3. The molecule has 0 radical (unpaired) electrons. The van der Waals surface area contributed by atoms with E-state index in [9.17, 15) is 55.2 Å². The number of amides is 2. The Morgan fingerprint density at radius 1 is 0.587 bits per heavy atom. The Balaban J connectivity index is 4.07. The molecular weight excluding hydrogens is 616 g/mol. The van der Waals surface area contributed by atoms with Crippen LogP contribution >= 0.6 is 0 Å². The second-order valence-corrected chi connectivity index (χ2v) is 11.1. The lowest BCUT2D eigenvalue weighted by atomic mass is 10.1. The van der Waals surface area contributed by atoms with Gasteiger partial charge in [-0.15, -0.1) is 0 Å². The van der Waals surface area contributed by atoms with Gasteiger partial charge in [0.05, 0.1) is 18.2 Å². The van der Waals surface area contributed by atoms with Gasteiger partial charge in [-0.3, -0.25) is 14.4 Å². The van der Waals surface area contributed by atoms with Crippen molar-refractivity contribution in [3.05, 3.63) is 0 Å². The first kappa shape index (κ1) is 44.1. The van der Waals surface area contributed by atoms with Crippen LogP contribution in [0.5, 0.6) is 0 Å². The van der Waals surface area contributed by atoms with Crippen LogP contribution in [0.2, 0.25) is 0 Å². The smallest absolute Gasteiger partial charge is 0.220 e. The Labute approximate surface area is 269 Å². The van der Waals surface area contributed by atoms with Crippen LogP contribution in [-0.2, 0) is 23.9 Å². The summed E-state index contributed by atoms with van der Waals surface area (Å²) in [5, 5.41) is 101. The Hall–Kier alpha value is -1.87. The van der Waals surface area contributed by atoms with Crippen LogP contribution < -0.4 is 10.6 Å². The van der Waals surface area contributed by atoms with Crippen LogP contribution in [0.1, 0.15) is 77.6 Å². The first-order valence-corrected chi connectivity index (χ1v) is 15.7. The van der Waals surface area contributed by atoms with Gasteiger partial charge >= 0.3 is 0 Å². The van der Waals surface area contributed by atoms with Gasteiger partial charge in [-0.25, -0.2) is 0 Å². The number of nitrogens with one attached hydrogen (secondary N) is 2. The molecule has 0 heterocycles. The lowest BCUT2D eigenvalue weighted by molar-refractivity contribution is -0.203. The highest BCUT2D eigenvalue weighted by atomic mass is 16.6. The predicted molar refractivity (Wildman–Crippen MR) is 161 cm³/mol. The molecule has 0 aromatic carbocycles. The maximum Gasteiger partial charge on any atom is 0.220 e. The number of Topliss-reactive ketones (excluding diaryl/α,β-unsaturated/α-hetero) is 1. The van der Waals surface area contributed by atoms with E-state index in [1.54, 1.807) is 0 Å². The molecule has 0 aromatic rings. The SMILES string of the molecule is CC(=O)[C@@H](CCCCNC(=O)CCCCOC(O)C(O)C(O)C(O)CCO)NC(=O)CCCCOC(O)C(O)C(O)C(O)CCO. The Morgan fingerprint density at radius 2 is 1.04 bits per heavy atom. The number of hydrogen-bond acceptors (Lipinski definition) is 15.